The van der Waals surface area contributed by atoms with Crippen molar-refractivity contribution in [2.24, 2.45) is 17.8 Å². The van der Waals surface area contributed by atoms with Gasteiger partial charge in [-0.2, -0.15) is 0 Å². The van der Waals surface area contributed by atoms with Crippen LogP contribution in [0.25, 0.3) is 0 Å². The Morgan fingerprint density at radius 2 is 2.12 bits per heavy atom. The van der Waals surface area contributed by atoms with Crippen molar-refractivity contribution >= 4 is 5.97 Å². The Morgan fingerprint density at radius 1 is 1.28 bits per heavy atom. The highest BCUT2D eigenvalue weighted by molar-refractivity contribution is 5.66. The van der Waals surface area contributed by atoms with Crippen molar-refractivity contribution in [1.82, 2.24) is 0 Å². The van der Waals surface area contributed by atoms with Crippen LogP contribution in [0, 0.1) is 17.8 Å². The van der Waals surface area contributed by atoms with Crippen molar-refractivity contribution < 1.29 is 19.7 Å². The van der Waals surface area contributed by atoms with E-state index >= 15 is 0 Å². The molecule has 0 spiro atoms. The standard InChI is InChI=1S/C21H34O4/c1-2-3-6-9-17(22)12-13-18-16-14-20(25-15-16)19(18)10-7-4-5-8-11-21(23)24/h4,7,12-13,16-20,22H,2-3,5-6,8-11,14-15H2,1H3,(H,23,24)/t16-,17+,18+,19-,20-/m1/s1. The fourth-order valence-corrected chi connectivity index (χ4v) is 4.15. The number of carboxylic acids is 1. The maximum absolute atomic E-state index is 10.5. The minimum Gasteiger partial charge on any atom is -0.481 e. The molecule has 2 rings (SSSR count). The molecule has 142 valence electrons. The van der Waals surface area contributed by atoms with Gasteiger partial charge in [0.15, 0.2) is 0 Å². The summed E-state index contributed by atoms with van der Waals surface area (Å²) in [5.41, 5.74) is 0. The largest absolute Gasteiger partial charge is 0.481 e. The van der Waals surface area contributed by atoms with E-state index in [-0.39, 0.29) is 12.5 Å². The van der Waals surface area contributed by atoms with Crippen LogP contribution in [0.3, 0.4) is 0 Å². The number of aliphatic carboxylic acids is 1. The van der Waals surface area contributed by atoms with Crippen molar-refractivity contribution in [3.63, 3.8) is 0 Å². The molecular formula is C21H34O4. The van der Waals surface area contributed by atoms with Gasteiger partial charge in [-0.3, -0.25) is 4.79 Å². The first kappa shape index (κ1) is 20.2. The number of fused-ring (bicyclic) bond motifs is 2. The molecule has 0 aromatic heterocycles. The summed E-state index contributed by atoms with van der Waals surface area (Å²) in [5, 5.41) is 18.8. The fourth-order valence-electron chi connectivity index (χ4n) is 4.15. The lowest BCUT2D eigenvalue weighted by atomic mass is 9.85. The van der Waals surface area contributed by atoms with Crippen molar-refractivity contribution in [2.75, 3.05) is 6.61 Å². The van der Waals surface area contributed by atoms with Gasteiger partial charge in [-0.25, -0.2) is 0 Å². The van der Waals surface area contributed by atoms with Gasteiger partial charge in [-0.15, -0.1) is 0 Å². The summed E-state index contributed by atoms with van der Waals surface area (Å²) in [5.74, 6) is 0.865. The molecule has 4 heteroatoms. The summed E-state index contributed by atoms with van der Waals surface area (Å²) in [6.07, 6.45) is 16.8. The highest BCUT2D eigenvalue weighted by Gasteiger charge is 2.46. The Morgan fingerprint density at radius 3 is 2.88 bits per heavy atom. The van der Waals surface area contributed by atoms with Crippen LogP contribution in [-0.4, -0.2) is 35.0 Å². The molecule has 0 aromatic carbocycles. The normalized spacial score (nSPS) is 29.8. The Kier molecular flexibility index (Phi) is 8.70. The third-order valence-electron chi connectivity index (χ3n) is 5.57. The summed E-state index contributed by atoms with van der Waals surface area (Å²) < 4.78 is 5.88. The van der Waals surface area contributed by atoms with E-state index in [0.29, 0.717) is 30.3 Å². The van der Waals surface area contributed by atoms with Gasteiger partial charge >= 0.3 is 5.97 Å². The summed E-state index contributed by atoms with van der Waals surface area (Å²) in [7, 11) is 0. The number of unbranched alkanes of at least 4 members (excludes halogenated alkanes) is 3. The molecular weight excluding hydrogens is 316 g/mol. The van der Waals surface area contributed by atoms with Crippen molar-refractivity contribution in [3.05, 3.63) is 24.3 Å². The van der Waals surface area contributed by atoms with Crippen molar-refractivity contribution in [1.29, 1.82) is 0 Å². The molecule has 1 saturated heterocycles. The van der Waals surface area contributed by atoms with Crippen LogP contribution in [0.5, 0.6) is 0 Å². The third kappa shape index (κ3) is 6.59. The second-order valence-corrected chi connectivity index (χ2v) is 7.55. The molecule has 0 radical (unpaired) electrons. The average molecular weight is 350 g/mol. The topological polar surface area (TPSA) is 66.8 Å². The predicted octanol–water partition coefficient (Wildman–Crippen LogP) is 4.34. The van der Waals surface area contributed by atoms with Gasteiger partial charge in [-0.05, 0) is 49.9 Å². The molecule has 2 N–H and O–H groups in total. The van der Waals surface area contributed by atoms with Crippen LogP contribution in [-0.2, 0) is 9.53 Å². The number of rotatable bonds is 12. The maximum atomic E-state index is 10.5. The van der Waals surface area contributed by atoms with Crippen LogP contribution in [0.4, 0.5) is 0 Å². The van der Waals surface area contributed by atoms with Crippen LogP contribution in [0.2, 0.25) is 0 Å². The number of hydrogen-bond donors (Lipinski definition) is 2. The van der Waals surface area contributed by atoms with Crippen molar-refractivity contribution in [3.8, 4) is 0 Å². The fraction of sp³-hybridized carbons (Fsp3) is 0.762. The molecule has 1 heterocycles. The number of aliphatic hydroxyl groups is 1. The molecule has 1 saturated carbocycles. The Balaban J connectivity index is 1.78. The second-order valence-electron chi connectivity index (χ2n) is 7.55. The minimum absolute atomic E-state index is 0.239. The highest BCUT2D eigenvalue weighted by atomic mass is 16.5. The molecule has 1 aliphatic heterocycles. The summed E-state index contributed by atoms with van der Waals surface area (Å²) in [4.78, 5) is 10.5. The number of carboxylic acid groups (broad SMARTS) is 1. The molecule has 2 aliphatic rings. The summed E-state index contributed by atoms with van der Waals surface area (Å²) >= 11 is 0. The quantitative estimate of drug-likeness (QED) is 0.406. The average Bonchev–Trinajstić information content (AvgIpc) is 3.17. The van der Waals surface area contributed by atoms with Crippen LogP contribution >= 0.6 is 0 Å². The number of allylic oxidation sites excluding steroid dienone is 3. The maximum Gasteiger partial charge on any atom is 0.303 e. The number of aliphatic hydroxyl groups excluding tert-OH is 1. The first-order valence-electron chi connectivity index (χ1n) is 9.96. The number of hydrogen-bond acceptors (Lipinski definition) is 3. The van der Waals surface area contributed by atoms with E-state index in [9.17, 15) is 9.90 Å². The molecule has 0 unspecified atom stereocenters. The number of carbonyl (C=O) groups is 1. The molecule has 0 aromatic rings. The molecule has 1 aliphatic carbocycles. The lowest BCUT2D eigenvalue weighted by Crippen LogP contribution is -2.27. The van der Waals surface area contributed by atoms with Crippen molar-refractivity contribution in [2.45, 2.75) is 76.9 Å². The van der Waals surface area contributed by atoms with Gasteiger partial charge in [0.1, 0.15) is 0 Å². The Hall–Kier alpha value is -1.13. The Bertz CT molecular complexity index is 457. The highest BCUT2D eigenvalue weighted by Crippen LogP contribution is 2.47. The number of ether oxygens (including phenoxy) is 1. The van der Waals surface area contributed by atoms with Gasteiger partial charge < -0.3 is 14.9 Å². The lowest BCUT2D eigenvalue weighted by Gasteiger charge is -2.28. The minimum atomic E-state index is -0.724. The van der Waals surface area contributed by atoms with Crippen LogP contribution in [0.15, 0.2) is 24.3 Å². The smallest absolute Gasteiger partial charge is 0.303 e. The summed E-state index contributed by atoms with van der Waals surface area (Å²) in [6, 6.07) is 0. The van der Waals surface area contributed by atoms with E-state index in [2.05, 4.69) is 25.2 Å². The van der Waals surface area contributed by atoms with E-state index in [1.165, 1.54) is 12.8 Å². The lowest BCUT2D eigenvalue weighted by molar-refractivity contribution is -0.137. The zero-order chi connectivity index (χ0) is 18.1. The van der Waals surface area contributed by atoms with Crippen LogP contribution in [0.1, 0.15) is 64.7 Å². The van der Waals surface area contributed by atoms with E-state index in [0.717, 1.165) is 38.7 Å². The van der Waals surface area contributed by atoms with Gasteiger partial charge in [-0.1, -0.05) is 50.5 Å². The van der Waals surface area contributed by atoms with Gasteiger partial charge in [0.2, 0.25) is 0 Å². The van der Waals surface area contributed by atoms with E-state index in [1.807, 2.05) is 6.08 Å². The predicted molar refractivity (Wildman–Crippen MR) is 99.4 cm³/mol. The zero-order valence-electron chi connectivity index (χ0n) is 15.5. The van der Waals surface area contributed by atoms with E-state index < -0.39 is 5.97 Å². The third-order valence-corrected chi connectivity index (χ3v) is 5.57. The molecule has 2 bridgehead atoms. The summed E-state index contributed by atoms with van der Waals surface area (Å²) in [6.45, 7) is 3.03. The van der Waals surface area contributed by atoms with Crippen LogP contribution < -0.4 is 0 Å². The molecule has 2 fully saturated rings. The molecule has 25 heavy (non-hydrogen) atoms. The monoisotopic (exact) mass is 350 g/mol. The first-order chi connectivity index (χ1) is 12.1. The van der Waals surface area contributed by atoms with Gasteiger partial charge in [0, 0.05) is 6.42 Å². The molecule has 0 amide bonds. The Labute approximate surface area is 152 Å². The SMILES string of the molecule is CCCCC[C@H](O)C=C[C@H]1[C@H]2CO[C@H](C2)[C@@H]1CC=CCCCC(=O)O. The van der Waals surface area contributed by atoms with E-state index in [4.69, 9.17) is 9.84 Å². The zero-order valence-corrected chi connectivity index (χ0v) is 15.5. The van der Waals surface area contributed by atoms with Gasteiger partial charge in [0.25, 0.3) is 0 Å². The second kappa shape index (κ2) is 10.8. The first-order valence-corrected chi connectivity index (χ1v) is 9.96. The van der Waals surface area contributed by atoms with E-state index in [1.54, 1.807) is 0 Å². The van der Waals surface area contributed by atoms with Gasteiger partial charge in [0.05, 0.1) is 18.8 Å². The molecule has 5 atom stereocenters. The molecule has 4 nitrogen and oxygen atoms in total.